The molecule has 24 heavy (non-hydrogen) atoms. The minimum Gasteiger partial charge on any atom is -0.305 e. The fourth-order valence-corrected chi connectivity index (χ4v) is 4.65. The summed E-state index contributed by atoms with van der Waals surface area (Å²) in [6, 6.07) is 8.31. The lowest BCUT2D eigenvalue weighted by Crippen LogP contribution is -2.52. The quantitative estimate of drug-likeness (QED) is 0.840. The molecule has 3 unspecified atom stereocenters. The minimum absolute atomic E-state index is 0.0707. The second-order valence-corrected chi connectivity index (χ2v) is 6.98. The Morgan fingerprint density at radius 2 is 2.12 bits per heavy atom. The summed E-state index contributed by atoms with van der Waals surface area (Å²) in [6.45, 7) is 4.40. The Morgan fingerprint density at radius 3 is 2.67 bits per heavy atom. The SMILES string of the molecule is CCN1CC=C2C(C#N)C(=N)C(C#N)(C#N)C(c3ccsc3)C2C1. The molecule has 1 saturated carbocycles. The summed E-state index contributed by atoms with van der Waals surface area (Å²) in [5.41, 5.74) is 0.168. The molecule has 1 aliphatic heterocycles. The van der Waals surface area contributed by atoms with Crippen molar-refractivity contribution in [2.45, 2.75) is 12.8 Å². The first-order valence-electron chi connectivity index (χ1n) is 7.88. The van der Waals surface area contributed by atoms with Crippen LogP contribution in [0.3, 0.4) is 0 Å². The zero-order valence-corrected chi connectivity index (χ0v) is 14.2. The number of rotatable bonds is 2. The zero-order chi connectivity index (χ0) is 17.3. The van der Waals surface area contributed by atoms with Gasteiger partial charge in [-0.05, 0) is 34.5 Å². The maximum atomic E-state index is 9.86. The molecule has 3 atom stereocenters. The molecule has 1 N–H and O–H groups in total. The maximum absolute atomic E-state index is 9.86. The zero-order valence-electron chi connectivity index (χ0n) is 13.4. The highest BCUT2D eigenvalue weighted by molar-refractivity contribution is 7.08. The minimum atomic E-state index is -1.58. The molecule has 1 aliphatic carbocycles. The van der Waals surface area contributed by atoms with E-state index < -0.39 is 17.3 Å². The van der Waals surface area contributed by atoms with E-state index in [4.69, 9.17) is 5.41 Å². The largest absolute Gasteiger partial charge is 0.305 e. The normalized spacial score (nSPS) is 28.8. The molecule has 120 valence electrons. The van der Waals surface area contributed by atoms with Crippen molar-refractivity contribution in [1.82, 2.24) is 4.90 Å². The van der Waals surface area contributed by atoms with Gasteiger partial charge in [-0.3, -0.25) is 4.90 Å². The number of thiophene rings is 1. The fraction of sp³-hybridized carbons (Fsp3) is 0.444. The monoisotopic (exact) mass is 335 g/mol. The number of fused-ring (bicyclic) bond motifs is 1. The average Bonchev–Trinajstić information content (AvgIpc) is 3.14. The summed E-state index contributed by atoms with van der Waals surface area (Å²) in [7, 11) is 0. The lowest BCUT2D eigenvalue weighted by molar-refractivity contribution is 0.212. The highest BCUT2D eigenvalue weighted by atomic mass is 32.1. The number of nitriles is 3. The predicted molar refractivity (Wildman–Crippen MR) is 91.2 cm³/mol. The first-order chi connectivity index (χ1) is 11.6. The summed E-state index contributed by atoms with van der Waals surface area (Å²) in [5, 5.41) is 41.7. The van der Waals surface area contributed by atoms with E-state index >= 15 is 0 Å². The van der Waals surface area contributed by atoms with E-state index in [0.717, 1.165) is 24.2 Å². The van der Waals surface area contributed by atoms with Gasteiger partial charge in [0.1, 0.15) is 5.92 Å². The van der Waals surface area contributed by atoms with Crippen LogP contribution in [0.25, 0.3) is 0 Å². The summed E-state index contributed by atoms with van der Waals surface area (Å²) in [4.78, 5) is 2.25. The second kappa shape index (κ2) is 6.21. The van der Waals surface area contributed by atoms with Crippen LogP contribution in [0.1, 0.15) is 18.4 Å². The highest BCUT2D eigenvalue weighted by Gasteiger charge is 2.57. The van der Waals surface area contributed by atoms with Crippen LogP contribution in [0.2, 0.25) is 0 Å². The molecular formula is C18H17N5S. The van der Waals surface area contributed by atoms with Crippen LogP contribution >= 0.6 is 11.3 Å². The van der Waals surface area contributed by atoms with E-state index in [-0.39, 0.29) is 11.6 Å². The van der Waals surface area contributed by atoms with E-state index in [0.29, 0.717) is 6.54 Å². The van der Waals surface area contributed by atoms with Gasteiger partial charge in [0, 0.05) is 24.9 Å². The summed E-state index contributed by atoms with van der Waals surface area (Å²) < 4.78 is 0. The smallest absolute Gasteiger partial charge is 0.189 e. The topological polar surface area (TPSA) is 98.5 Å². The van der Waals surface area contributed by atoms with Gasteiger partial charge in [0.15, 0.2) is 5.41 Å². The van der Waals surface area contributed by atoms with Crippen molar-refractivity contribution in [3.63, 3.8) is 0 Å². The molecule has 0 saturated heterocycles. The van der Waals surface area contributed by atoms with E-state index in [1.165, 1.54) is 11.3 Å². The van der Waals surface area contributed by atoms with Crippen LogP contribution in [-0.4, -0.2) is 30.2 Å². The van der Waals surface area contributed by atoms with Gasteiger partial charge in [-0.25, -0.2) is 0 Å². The molecule has 0 spiro atoms. The van der Waals surface area contributed by atoms with Gasteiger partial charge in [-0.15, -0.1) is 0 Å². The number of nitrogens with one attached hydrogen (secondary N) is 1. The number of likely N-dealkylation sites (N-methyl/N-ethyl adjacent to an activating group) is 1. The van der Waals surface area contributed by atoms with Crippen molar-refractivity contribution in [3.05, 3.63) is 34.0 Å². The van der Waals surface area contributed by atoms with Crippen LogP contribution in [0.15, 0.2) is 28.5 Å². The molecule has 6 heteroatoms. The average molecular weight is 335 g/mol. The third-order valence-corrected chi connectivity index (χ3v) is 5.92. The van der Waals surface area contributed by atoms with Crippen LogP contribution in [0, 0.1) is 56.7 Å². The molecule has 1 aromatic heterocycles. The maximum Gasteiger partial charge on any atom is 0.189 e. The van der Waals surface area contributed by atoms with Gasteiger partial charge in [0.25, 0.3) is 0 Å². The molecule has 0 amide bonds. The lowest BCUT2D eigenvalue weighted by atomic mass is 9.54. The summed E-state index contributed by atoms with van der Waals surface area (Å²) in [6.07, 6.45) is 2.03. The van der Waals surface area contributed by atoms with Crippen molar-refractivity contribution in [3.8, 4) is 18.2 Å². The molecule has 2 aliphatic rings. The van der Waals surface area contributed by atoms with Crippen molar-refractivity contribution in [1.29, 1.82) is 21.2 Å². The van der Waals surface area contributed by atoms with Crippen LogP contribution < -0.4 is 0 Å². The van der Waals surface area contributed by atoms with Crippen molar-refractivity contribution >= 4 is 17.0 Å². The van der Waals surface area contributed by atoms with Crippen LogP contribution in [0.4, 0.5) is 0 Å². The second-order valence-electron chi connectivity index (χ2n) is 6.20. The fourth-order valence-electron chi connectivity index (χ4n) is 3.95. The molecule has 0 radical (unpaired) electrons. The van der Waals surface area contributed by atoms with Gasteiger partial charge < -0.3 is 5.41 Å². The van der Waals surface area contributed by atoms with Crippen LogP contribution in [-0.2, 0) is 0 Å². The standard InChI is InChI=1S/C18H17N5S/c1-2-23-5-3-13-14(7-19)17(22)18(10-20,11-21)16(15(13)8-23)12-4-6-24-9-12/h3-4,6,9,14-16,22H,2,5,8H2,1H3. The Balaban J connectivity index is 2.23. The Bertz CT molecular complexity index is 788. The van der Waals surface area contributed by atoms with E-state index in [2.05, 4.69) is 30.0 Å². The van der Waals surface area contributed by atoms with E-state index in [1.807, 2.05) is 22.9 Å². The Hall–Kier alpha value is -2.46. The van der Waals surface area contributed by atoms with Crippen molar-refractivity contribution in [2.75, 3.05) is 19.6 Å². The molecule has 0 aromatic carbocycles. The summed E-state index contributed by atoms with van der Waals surface area (Å²) in [5.74, 6) is -1.27. The first kappa shape index (κ1) is 16.4. The summed E-state index contributed by atoms with van der Waals surface area (Å²) >= 11 is 1.52. The highest BCUT2D eigenvalue weighted by Crippen LogP contribution is 2.53. The third kappa shape index (κ3) is 2.18. The van der Waals surface area contributed by atoms with Crippen molar-refractivity contribution in [2.24, 2.45) is 17.3 Å². The first-order valence-corrected chi connectivity index (χ1v) is 8.82. The number of hydrogen-bond donors (Lipinski definition) is 1. The Labute approximate surface area is 145 Å². The van der Waals surface area contributed by atoms with Gasteiger partial charge in [-0.2, -0.15) is 27.1 Å². The van der Waals surface area contributed by atoms with Gasteiger partial charge in [0.2, 0.25) is 0 Å². The molecule has 1 aromatic rings. The third-order valence-electron chi connectivity index (χ3n) is 5.22. The molecule has 2 heterocycles. The number of nitrogens with zero attached hydrogens (tertiary/aromatic N) is 4. The molecule has 1 fully saturated rings. The number of hydrogen-bond acceptors (Lipinski definition) is 6. The lowest BCUT2D eigenvalue weighted by Gasteiger charge is -2.47. The van der Waals surface area contributed by atoms with Crippen molar-refractivity contribution < 1.29 is 0 Å². The predicted octanol–water partition coefficient (Wildman–Crippen LogP) is 2.92. The molecule has 3 rings (SSSR count). The van der Waals surface area contributed by atoms with E-state index in [9.17, 15) is 15.8 Å². The van der Waals surface area contributed by atoms with Gasteiger partial charge in [0.05, 0.1) is 23.9 Å². The molecule has 0 bridgehead atoms. The van der Waals surface area contributed by atoms with Crippen LogP contribution in [0.5, 0.6) is 0 Å². The van der Waals surface area contributed by atoms with E-state index in [1.54, 1.807) is 0 Å². The van der Waals surface area contributed by atoms with Gasteiger partial charge >= 0.3 is 0 Å². The molecule has 5 nitrogen and oxygen atoms in total. The van der Waals surface area contributed by atoms with Gasteiger partial charge in [-0.1, -0.05) is 13.0 Å². The Kier molecular flexibility index (Phi) is 4.24. The molecular weight excluding hydrogens is 318 g/mol. The Morgan fingerprint density at radius 1 is 1.38 bits per heavy atom.